The van der Waals surface area contributed by atoms with Gasteiger partial charge < -0.3 is 15.9 Å². The molecule has 132 valence electrons. The van der Waals surface area contributed by atoms with E-state index in [0.29, 0.717) is 30.9 Å². The number of hydrogen-bond acceptors (Lipinski definition) is 4. The standard InChI is InChI=1S/C20H24N2O3/c21-19(24)12-17(14-4-2-1-3-5-14)15-8-10-20(25,11-9-15)18-7-6-16(23)13-22-18/h1-7,13,15,17,23,25H,8-12H2,(H2,21,24). The number of aromatic hydroxyl groups is 1. The summed E-state index contributed by atoms with van der Waals surface area (Å²) < 4.78 is 0. The molecule has 1 heterocycles. The molecule has 4 N–H and O–H groups in total. The van der Waals surface area contributed by atoms with Crippen molar-refractivity contribution in [3.63, 3.8) is 0 Å². The van der Waals surface area contributed by atoms with E-state index in [0.717, 1.165) is 18.4 Å². The first kappa shape index (κ1) is 17.4. The number of nitrogens with zero attached hydrogens (tertiary/aromatic N) is 1. The molecule has 3 rings (SSSR count). The Labute approximate surface area is 147 Å². The number of amides is 1. The largest absolute Gasteiger partial charge is 0.506 e. The van der Waals surface area contributed by atoms with Gasteiger partial charge >= 0.3 is 0 Å². The molecule has 1 aliphatic rings. The van der Waals surface area contributed by atoms with Crippen LogP contribution in [-0.4, -0.2) is 21.1 Å². The zero-order valence-electron chi connectivity index (χ0n) is 14.1. The third-order valence-corrected chi connectivity index (χ3v) is 5.30. The third kappa shape index (κ3) is 3.99. The molecule has 1 fully saturated rings. The SMILES string of the molecule is NC(=O)CC(c1ccccc1)C1CCC(O)(c2ccc(O)cn2)CC1. The van der Waals surface area contributed by atoms with Crippen molar-refractivity contribution in [3.05, 3.63) is 59.9 Å². The minimum atomic E-state index is -0.974. The quantitative estimate of drug-likeness (QED) is 0.780. The molecule has 0 radical (unpaired) electrons. The maximum Gasteiger partial charge on any atom is 0.218 e. The van der Waals surface area contributed by atoms with E-state index in [-0.39, 0.29) is 17.6 Å². The van der Waals surface area contributed by atoms with E-state index in [1.807, 2.05) is 30.3 Å². The van der Waals surface area contributed by atoms with Gasteiger partial charge in [0.15, 0.2) is 0 Å². The normalized spacial score (nSPS) is 24.6. The summed E-state index contributed by atoms with van der Waals surface area (Å²) in [5.74, 6) is 0.171. The molecule has 1 amide bonds. The monoisotopic (exact) mass is 340 g/mol. The van der Waals surface area contributed by atoms with E-state index >= 15 is 0 Å². The molecule has 1 unspecified atom stereocenters. The van der Waals surface area contributed by atoms with Crippen LogP contribution in [0.3, 0.4) is 0 Å². The second kappa shape index (κ2) is 7.23. The van der Waals surface area contributed by atoms with Crippen molar-refractivity contribution in [1.29, 1.82) is 0 Å². The number of aromatic nitrogens is 1. The first-order chi connectivity index (χ1) is 12.0. The molecule has 25 heavy (non-hydrogen) atoms. The molecule has 0 aliphatic heterocycles. The summed E-state index contributed by atoms with van der Waals surface area (Å²) in [7, 11) is 0. The lowest BCUT2D eigenvalue weighted by Gasteiger charge is -2.38. The number of benzene rings is 1. The number of rotatable bonds is 5. The van der Waals surface area contributed by atoms with Crippen molar-refractivity contribution in [3.8, 4) is 5.75 Å². The minimum Gasteiger partial charge on any atom is -0.506 e. The highest BCUT2D eigenvalue weighted by Gasteiger charge is 2.38. The molecule has 0 saturated heterocycles. The van der Waals surface area contributed by atoms with Gasteiger partial charge in [-0.3, -0.25) is 9.78 Å². The van der Waals surface area contributed by atoms with Gasteiger partial charge in [-0.15, -0.1) is 0 Å². The smallest absolute Gasteiger partial charge is 0.218 e. The Kier molecular flexibility index (Phi) is 5.04. The van der Waals surface area contributed by atoms with E-state index in [1.165, 1.54) is 6.20 Å². The molecule has 1 aliphatic carbocycles. The highest BCUT2D eigenvalue weighted by atomic mass is 16.3. The number of nitrogens with two attached hydrogens (primary N) is 1. The highest BCUT2D eigenvalue weighted by molar-refractivity contribution is 5.74. The van der Waals surface area contributed by atoms with Gasteiger partial charge in [0.25, 0.3) is 0 Å². The summed E-state index contributed by atoms with van der Waals surface area (Å²) in [6.45, 7) is 0. The van der Waals surface area contributed by atoms with Crippen molar-refractivity contribution >= 4 is 5.91 Å². The maximum absolute atomic E-state index is 11.5. The number of aliphatic hydroxyl groups is 1. The number of primary amides is 1. The summed E-state index contributed by atoms with van der Waals surface area (Å²) in [5.41, 5.74) is 6.22. The van der Waals surface area contributed by atoms with Crippen molar-refractivity contribution in [2.24, 2.45) is 11.7 Å². The Bertz CT molecular complexity index is 707. The predicted octanol–water partition coefficient (Wildman–Crippen LogP) is 2.82. The molecule has 1 atom stereocenters. The molecule has 2 aromatic rings. The topological polar surface area (TPSA) is 96.4 Å². The average Bonchev–Trinajstić information content (AvgIpc) is 2.62. The lowest BCUT2D eigenvalue weighted by Crippen LogP contribution is -2.34. The van der Waals surface area contributed by atoms with E-state index in [1.54, 1.807) is 12.1 Å². The van der Waals surface area contributed by atoms with Crippen LogP contribution in [0.4, 0.5) is 0 Å². The van der Waals surface area contributed by atoms with Gasteiger partial charge in [-0.25, -0.2) is 0 Å². The molecule has 5 heteroatoms. The van der Waals surface area contributed by atoms with Crippen LogP contribution in [0.5, 0.6) is 5.75 Å². The van der Waals surface area contributed by atoms with Crippen LogP contribution in [-0.2, 0) is 10.4 Å². The van der Waals surface area contributed by atoms with Crippen LogP contribution in [0.1, 0.15) is 49.3 Å². The fourth-order valence-corrected chi connectivity index (χ4v) is 3.91. The first-order valence-corrected chi connectivity index (χ1v) is 8.69. The van der Waals surface area contributed by atoms with E-state index in [4.69, 9.17) is 5.73 Å². The number of hydrogen-bond donors (Lipinski definition) is 3. The van der Waals surface area contributed by atoms with Crippen LogP contribution in [0.2, 0.25) is 0 Å². The Morgan fingerprint density at radius 2 is 1.88 bits per heavy atom. The lowest BCUT2D eigenvalue weighted by molar-refractivity contribution is -0.118. The van der Waals surface area contributed by atoms with E-state index in [9.17, 15) is 15.0 Å². The fraction of sp³-hybridized carbons (Fsp3) is 0.400. The van der Waals surface area contributed by atoms with Crippen molar-refractivity contribution in [2.45, 2.75) is 43.6 Å². The maximum atomic E-state index is 11.5. The lowest BCUT2D eigenvalue weighted by atomic mass is 9.70. The molecular formula is C20H24N2O3. The highest BCUT2D eigenvalue weighted by Crippen LogP contribution is 2.44. The molecule has 0 spiro atoms. The van der Waals surface area contributed by atoms with Gasteiger partial charge in [-0.05, 0) is 55.2 Å². The fourth-order valence-electron chi connectivity index (χ4n) is 3.91. The van der Waals surface area contributed by atoms with Gasteiger partial charge in [0, 0.05) is 6.42 Å². The van der Waals surface area contributed by atoms with Crippen LogP contribution < -0.4 is 5.73 Å². The van der Waals surface area contributed by atoms with Crippen molar-refractivity contribution < 1.29 is 15.0 Å². The van der Waals surface area contributed by atoms with Gasteiger partial charge in [-0.2, -0.15) is 0 Å². The van der Waals surface area contributed by atoms with E-state index < -0.39 is 5.60 Å². The van der Waals surface area contributed by atoms with Crippen LogP contribution >= 0.6 is 0 Å². The molecule has 5 nitrogen and oxygen atoms in total. The van der Waals surface area contributed by atoms with E-state index in [2.05, 4.69) is 4.98 Å². The summed E-state index contributed by atoms with van der Waals surface area (Å²) in [4.78, 5) is 15.7. The Morgan fingerprint density at radius 1 is 1.20 bits per heavy atom. The Hall–Kier alpha value is -2.40. The van der Waals surface area contributed by atoms with Gasteiger partial charge in [-0.1, -0.05) is 30.3 Å². The summed E-state index contributed by atoms with van der Waals surface area (Å²) >= 11 is 0. The van der Waals surface area contributed by atoms with Crippen LogP contribution in [0, 0.1) is 5.92 Å². The third-order valence-electron chi connectivity index (χ3n) is 5.30. The molecule has 1 saturated carbocycles. The minimum absolute atomic E-state index is 0.0797. The Balaban J connectivity index is 1.74. The number of carbonyl (C=O) groups excluding carboxylic acids is 1. The Morgan fingerprint density at radius 3 is 2.44 bits per heavy atom. The van der Waals surface area contributed by atoms with Crippen LogP contribution in [0.25, 0.3) is 0 Å². The second-order valence-electron chi connectivity index (χ2n) is 6.96. The van der Waals surface area contributed by atoms with Crippen molar-refractivity contribution in [1.82, 2.24) is 4.98 Å². The summed E-state index contributed by atoms with van der Waals surface area (Å²) in [5, 5.41) is 20.3. The number of pyridine rings is 1. The summed E-state index contributed by atoms with van der Waals surface area (Å²) in [6.07, 6.45) is 4.44. The second-order valence-corrected chi connectivity index (χ2v) is 6.96. The van der Waals surface area contributed by atoms with Gasteiger partial charge in [0.1, 0.15) is 11.4 Å². The molecule has 1 aromatic heterocycles. The van der Waals surface area contributed by atoms with Crippen molar-refractivity contribution in [2.75, 3.05) is 0 Å². The first-order valence-electron chi connectivity index (χ1n) is 8.69. The zero-order valence-corrected chi connectivity index (χ0v) is 14.1. The van der Waals surface area contributed by atoms with Gasteiger partial charge in [0.2, 0.25) is 5.91 Å². The average molecular weight is 340 g/mol. The predicted molar refractivity (Wildman–Crippen MR) is 94.8 cm³/mol. The van der Waals surface area contributed by atoms with Gasteiger partial charge in [0.05, 0.1) is 11.9 Å². The molecule has 0 bridgehead atoms. The zero-order chi connectivity index (χ0) is 17.9. The molecule has 1 aromatic carbocycles. The molecular weight excluding hydrogens is 316 g/mol. The summed E-state index contributed by atoms with van der Waals surface area (Å²) in [6, 6.07) is 13.2. The van der Waals surface area contributed by atoms with Crippen LogP contribution in [0.15, 0.2) is 48.7 Å². The number of carbonyl (C=O) groups is 1.